The molecule has 0 spiro atoms. The Labute approximate surface area is 619 Å². The van der Waals surface area contributed by atoms with Gasteiger partial charge in [0.05, 0.1) is 32.8 Å². The molecule has 586 valence electrons. The number of carbonyl (C=O) groups excluding carboxylic acids is 4. The van der Waals surface area contributed by atoms with Crippen LogP contribution in [-0.2, 0) is 65.4 Å². The van der Waals surface area contributed by atoms with Crippen LogP contribution in [0.4, 0.5) is 0 Å². The zero-order valence-corrected chi connectivity index (χ0v) is 65.8. The number of carbonyl (C=O) groups is 4. The summed E-state index contributed by atoms with van der Waals surface area (Å²) in [5.74, 6) is -2.34. The van der Waals surface area contributed by atoms with Gasteiger partial charge in [-0.1, -0.05) is 323 Å². The van der Waals surface area contributed by atoms with E-state index in [1.807, 2.05) is 18.2 Å². The predicted octanol–water partition coefficient (Wildman–Crippen LogP) is 23.1. The van der Waals surface area contributed by atoms with E-state index in [4.69, 9.17) is 37.0 Å². The third kappa shape index (κ3) is 73.8. The van der Waals surface area contributed by atoms with Gasteiger partial charge in [-0.15, -0.1) is 0 Å². The molecular weight excluding hydrogens is 1330 g/mol. The summed E-state index contributed by atoms with van der Waals surface area (Å²) in [5, 5.41) is 10.6. The number of allylic oxidation sites excluding steroid dienone is 19. The van der Waals surface area contributed by atoms with Crippen molar-refractivity contribution in [3.05, 3.63) is 122 Å². The van der Waals surface area contributed by atoms with Crippen LogP contribution in [-0.4, -0.2) is 96.7 Å². The monoisotopic (exact) mass is 1470 g/mol. The maximum atomic E-state index is 13.1. The number of aliphatic hydroxyl groups excluding tert-OH is 1. The van der Waals surface area contributed by atoms with E-state index in [0.717, 1.165) is 128 Å². The Balaban J connectivity index is 5.42. The first kappa shape index (κ1) is 97.5. The molecule has 5 atom stereocenters. The quantitative estimate of drug-likeness (QED) is 0.0169. The van der Waals surface area contributed by atoms with E-state index in [2.05, 4.69) is 125 Å². The first-order valence-electron chi connectivity index (χ1n) is 39.8. The summed E-state index contributed by atoms with van der Waals surface area (Å²) < 4.78 is 68.4. The van der Waals surface area contributed by atoms with Crippen LogP contribution in [0.25, 0.3) is 0 Å². The van der Waals surface area contributed by atoms with Crippen molar-refractivity contribution in [2.24, 2.45) is 0 Å². The van der Waals surface area contributed by atoms with Gasteiger partial charge in [-0.25, -0.2) is 9.13 Å². The van der Waals surface area contributed by atoms with E-state index in [1.165, 1.54) is 116 Å². The Kier molecular flexibility index (Phi) is 71.4. The zero-order chi connectivity index (χ0) is 74.6. The van der Waals surface area contributed by atoms with Gasteiger partial charge in [-0.3, -0.25) is 37.3 Å². The van der Waals surface area contributed by atoms with Gasteiger partial charge in [0.15, 0.2) is 12.2 Å². The van der Waals surface area contributed by atoms with Crippen LogP contribution >= 0.6 is 15.6 Å². The molecule has 0 fully saturated rings. The lowest BCUT2D eigenvalue weighted by Gasteiger charge is -2.21. The highest BCUT2D eigenvalue weighted by molar-refractivity contribution is 7.47. The molecule has 0 aliphatic carbocycles. The number of phosphoric acid groups is 2. The van der Waals surface area contributed by atoms with Gasteiger partial charge in [-0.05, 0) is 96.3 Å². The molecule has 0 aromatic heterocycles. The van der Waals surface area contributed by atoms with Gasteiger partial charge in [0, 0.05) is 19.3 Å². The van der Waals surface area contributed by atoms with Crippen LogP contribution in [0.15, 0.2) is 122 Å². The van der Waals surface area contributed by atoms with Gasteiger partial charge in [-0.2, -0.15) is 0 Å². The number of hydrogen-bond donors (Lipinski definition) is 3. The molecule has 0 aliphatic heterocycles. The molecule has 3 N–H and O–H groups in total. The number of rotatable bonds is 74. The lowest BCUT2D eigenvalue weighted by atomic mass is 10.0. The maximum Gasteiger partial charge on any atom is 0.472 e. The summed E-state index contributed by atoms with van der Waals surface area (Å²) in [4.78, 5) is 72.9. The largest absolute Gasteiger partial charge is 0.472 e. The zero-order valence-electron chi connectivity index (χ0n) is 64.0. The van der Waals surface area contributed by atoms with Gasteiger partial charge < -0.3 is 33.8 Å². The van der Waals surface area contributed by atoms with Crippen molar-refractivity contribution < 1.29 is 80.2 Å². The molecule has 17 nitrogen and oxygen atoms in total. The van der Waals surface area contributed by atoms with Gasteiger partial charge in [0.2, 0.25) is 0 Å². The van der Waals surface area contributed by atoms with E-state index < -0.39 is 97.5 Å². The third-order valence-corrected chi connectivity index (χ3v) is 18.4. The average molecular weight is 1470 g/mol. The van der Waals surface area contributed by atoms with Crippen molar-refractivity contribution in [2.45, 2.75) is 341 Å². The normalized spacial score (nSPS) is 14.5. The molecule has 102 heavy (non-hydrogen) atoms. The molecule has 0 radical (unpaired) electrons. The topological polar surface area (TPSA) is 237 Å². The third-order valence-electron chi connectivity index (χ3n) is 16.5. The number of hydrogen-bond acceptors (Lipinski definition) is 15. The second-order valence-corrected chi connectivity index (χ2v) is 29.2. The van der Waals surface area contributed by atoms with E-state index in [0.29, 0.717) is 25.7 Å². The fraction of sp³-hybridized carbons (Fsp3) is 0.711. The molecule has 0 bridgehead atoms. The van der Waals surface area contributed by atoms with Crippen molar-refractivity contribution in [3.8, 4) is 0 Å². The van der Waals surface area contributed by atoms with Crippen molar-refractivity contribution in [3.63, 3.8) is 0 Å². The fourth-order valence-electron chi connectivity index (χ4n) is 10.5. The highest BCUT2D eigenvalue weighted by Gasteiger charge is 2.30. The highest BCUT2D eigenvalue weighted by atomic mass is 31.2. The van der Waals surface area contributed by atoms with Crippen LogP contribution < -0.4 is 0 Å². The van der Waals surface area contributed by atoms with Crippen LogP contribution in [0.2, 0.25) is 0 Å². The van der Waals surface area contributed by atoms with Crippen LogP contribution in [0.3, 0.4) is 0 Å². The molecule has 0 amide bonds. The summed E-state index contributed by atoms with van der Waals surface area (Å²) in [7, 11) is -9.98. The molecule has 0 aromatic carbocycles. The molecule has 0 aliphatic rings. The second-order valence-electron chi connectivity index (χ2n) is 26.3. The summed E-state index contributed by atoms with van der Waals surface area (Å²) in [6.45, 7) is 4.53. The van der Waals surface area contributed by atoms with Gasteiger partial charge in [0.1, 0.15) is 19.3 Å². The molecule has 0 rings (SSSR count). The Morgan fingerprint density at radius 1 is 0.294 bits per heavy atom. The Morgan fingerprint density at radius 3 is 0.873 bits per heavy atom. The van der Waals surface area contributed by atoms with Crippen LogP contribution in [0.5, 0.6) is 0 Å². The Bertz CT molecular complexity index is 2410. The van der Waals surface area contributed by atoms with E-state index in [-0.39, 0.29) is 25.7 Å². The average Bonchev–Trinajstić information content (AvgIpc) is 0.908. The predicted molar refractivity (Wildman–Crippen MR) is 418 cm³/mol. The van der Waals surface area contributed by atoms with Crippen molar-refractivity contribution in [2.75, 3.05) is 39.6 Å². The smallest absolute Gasteiger partial charge is 0.462 e. The number of ether oxygens (including phenoxy) is 4. The van der Waals surface area contributed by atoms with Crippen LogP contribution in [0, 0.1) is 0 Å². The highest BCUT2D eigenvalue weighted by Crippen LogP contribution is 2.45. The lowest BCUT2D eigenvalue weighted by Crippen LogP contribution is -2.30. The number of unbranched alkanes of at least 4 members (excludes halogenated alkanes) is 29. The summed E-state index contributed by atoms with van der Waals surface area (Å²) >= 11 is 0. The summed E-state index contributed by atoms with van der Waals surface area (Å²) in [5.41, 5.74) is 0. The van der Waals surface area contributed by atoms with Crippen molar-refractivity contribution in [1.29, 1.82) is 0 Å². The molecule has 5 unspecified atom stereocenters. The van der Waals surface area contributed by atoms with Gasteiger partial charge >= 0.3 is 39.5 Å². The fourth-order valence-corrected chi connectivity index (χ4v) is 12.1. The minimum atomic E-state index is -5.00. The number of esters is 4. The molecule has 19 heteroatoms. The van der Waals surface area contributed by atoms with Crippen LogP contribution in [0.1, 0.15) is 323 Å². The first-order valence-corrected chi connectivity index (χ1v) is 42.8. The molecule has 0 heterocycles. The SMILES string of the molecule is CC/C=C\C/C=C\C/C=C\C/C=C\C/C=C\CCCCCC(=O)OCC(COP(=O)(O)OCC(O)COP(=O)(O)OCC(COC(=O)C/C=C\C/C=C\C/C=C\C/C=C\C/C=C\CC)OC(=O)CCCCCCCCCCCCCCCCC)OC(=O)CCCCCCCCCCCCCCC. The lowest BCUT2D eigenvalue weighted by molar-refractivity contribution is -0.161. The van der Waals surface area contributed by atoms with E-state index in [9.17, 15) is 43.2 Å². The standard InChI is InChI=1S/C83H142O17P2/c1-5-9-13-17-21-25-29-33-36-37-38-39-42-45-48-52-56-60-64-68-81(86)94-73-78(99-82(87)69-65-61-57-53-49-43-32-28-24-20-16-12-8-4)75-97-101(89,90)95-71-77(84)72-96-102(91,92)98-76-79(100-83(88)70-66-62-58-54-50-46-41-35-31-27-23-19-15-11-7-3)74-93-80(85)67-63-59-55-51-47-44-40-34-30-26-22-18-14-10-6-2/h9-10,13-14,21-22,25-26,33-34,36,38-40,45,47-48,51,59,63,77-79,84H,5-8,11-12,15-20,23-24,27-32,35,37,41-44,46,49-50,52-58,60-62,64-76H2,1-4H3,(H,89,90)(H,91,92)/b13-9-,14-10-,25-21-,26-22-,36-33-,39-38-,40-34-,48-45-,51-47-,63-59-. The molecule has 0 saturated heterocycles. The Morgan fingerprint density at radius 2 is 0.549 bits per heavy atom. The summed E-state index contributed by atoms with van der Waals surface area (Å²) in [6.07, 6.45) is 82.1. The van der Waals surface area contributed by atoms with E-state index >= 15 is 0 Å². The summed E-state index contributed by atoms with van der Waals surface area (Å²) in [6, 6.07) is 0. The number of phosphoric ester groups is 2. The van der Waals surface area contributed by atoms with Crippen molar-refractivity contribution in [1.82, 2.24) is 0 Å². The minimum Gasteiger partial charge on any atom is -0.462 e. The number of aliphatic hydroxyl groups is 1. The maximum absolute atomic E-state index is 13.1. The first-order chi connectivity index (χ1) is 49.7. The van der Waals surface area contributed by atoms with E-state index in [1.54, 1.807) is 6.08 Å². The molecule has 0 saturated carbocycles. The van der Waals surface area contributed by atoms with Crippen molar-refractivity contribution >= 4 is 39.5 Å². The molecule has 0 aromatic rings. The second kappa shape index (κ2) is 74.7. The Hall–Kier alpha value is -4.54. The molecular formula is C83H142O17P2. The van der Waals surface area contributed by atoms with Gasteiger partial charge in [0.25, 0.3) is 0 Å². The minimum absolute atomic E-state index is 0.0702.